The Morgan fingerprint density at radius 3 is 2.40 bits per heavy atom. The molecule has 0 radical (unpaired) electrons. The van der Waals surface area contributed by atoms with Crippen LogP contribution in [0.25, 0.3) is 0 Å². The summed E-state index contributed by atoms with van der Waals surface area (Å²) < 4.78 is 0. The van der Waals surface area contributed by atoms with Crippen LogP contribution in [0.2, 0.25) is 0 Å². The van der Waals surface area contributed by atoms with E-state index in [0.29, 0.717) is 5.92 Å². The van der Waals surface area contributed by atoms with Crippen molar-refractivity contribution in [2.75, 3.05) is 0 Å². The molecule has 0 saturated carbocycles. The zero-order chi connectivity index (χ0) is 7.98. The van der Waals surface area contributed by atoms with Crippen molar-refractivity contribution in [1.29, 1.82) is 0 Å². The number of alkyl halides is 1. The first-order valence-corrected chi connectivity index (χ1v) is 6.31. The van der Waals surface area contributed by atoms with Crippen molar-refractivity contribution in [2.45, 2.75) is 18.2 Å². The van der Waals surface area contributed by atoms with Gasteiger partial charge in [-0.05, 0) is 6.42 Å². The molecule has 0 aromatic rings. The van der Waals surface area contributed by atoms with E-state index in [1.807, 2.05) is 6.08 Å². The Labute approximate surface area is 82.8 Å². The molecular formula is C7H10Cl2Pt. The predicted octanol–water partition coefficient (Wildman–Crippen LogP) is 3.08. The summed E-state index contributed by atoms with van der Waals surface area (Å²) in [5.41, 5.74) is 0. The summed E-state index contributed by atoms with van der Waals surface area (Å²) >= 11 is 7.43. The summed E-state index contributed by atoms with van der Waals surface area (Å²) in [7, 11) is 4.61. The number of hydrogen-bond donors (Lipinski definition) is 0. The van der Waals surface area contributed by atoms with Gasteiger partial charge >= 0.3 is 28.2 Å². The van der Waals surface area contributed by atoms with Crippen LogP contribution < -0.4 is 0 Å². The summed E-state index contributed by atoms with van der Waals surface area (Å²) in [4.78, 5) is 0. The second kappa shape index (κ2) is 6.70. The Morgan fingerprint density at radius 1 is 1.50 bits per heavy atom. The molecule has 0 aromatic carbocycles. The molecule has 0 spiro atoms. The monoisotopic (exact) mass is 359 g/mol. The first-order valence-electron chi connectivity index (χ1n) is 3.06. The molecule has 10 heavy (non-hydrogen) atoms. The molecule has 0 saturated heterocycles. The average molecular weight is 360 g/mol. The topological polar surface area (TPSA) is 0 Å². The Bertz CT molecular complexity index is 104. The van der Waals surface area contributed by atoms with Crippen molar-refractivity contribution in [1.82, 2.24) is 0 Å². The van der Waals surface area contributed by atoms with E-state index < -0.39 is 0 Å². The van der Waals surface area contributed by atoms with E-state index in [1.54, 1.807) is 18.8 Å². The number of hydrogen-bond acceptors (Lipinski definition) is 0. The van der Waals surface area contributed by atoms with Crippen LogP contribution in [-0.2, 0) is 18.8 Å². The van der Waals surface area contributed by atoms with Gasteiger partial charge in [0, 0.05) is 5.38 Å². The Balaban J connectivity index is 0.000000371. The summed E-state index contributed by atoms with van der Waals surface area (Å²) in [5.74, 6) is 0.432. The van der Waals surface area contributed by atoms with Gasteiger partial charge in [-0.2, -0.15) is 0 Å². The summed E-state index contributed by atoms with van der Waals surface area (Å²) in [6, 6.07) is 0. The van der Waals surface area contributed by atoms with Crippen LogP contribution in [0.1, 0.15) is 12.8 Å². The molecule has 3 heteroatoms. The Morgan fingerprint density at radius 2 is 2.10 bits per heavy atom. The number of allylic oxidation sites excluding steroid dienone is 2. The Kier molecular flexibility index (Phi) is 7.38. The number of halogens is 2. The average Bonchev–Trinajstić information content (AvgIpc) is 2.00. The van der Waals surface area contributed by atoms with Crippen LogP contribution in [0.4, 0.5) is 0 Å². The molecule has 1 rings (SSSR count). The van der Waals surface area contributed by atoms with Gasteiger partial charge in [0.15, 0.2) is 0 Å². The maximum atomic E-state index is 5.82. The zero-order valence-corrected chi connectivity index (χ0v) is 9.29. The molecule has 0 N–H and O–H groups in total. The van der Waals surface area contributed by atoms with Crippen LogP contribution in [0.15, 0.2) is 12.2 Å². The van der Waals surface area contributed by atoms with Gasteiger partial charge in [-0.3, -0.25) is 0 Å². The maximum absolute atomic E-state index is 5.82. The molecule has 0 unspecified atom stereocenters. The molecule has 1 aliphatic carbocycles. The molecular weight excluding hydrogens is 350 g/mol. The van der Waals surface area contributed by atoms with E-state index in [2.05, 4.69) is 22.4 Å². The minimum atomic E-state index is 0.184. The molecule has 1 aliphatic rings. The van der Waals surface area contributed by atoms with Crippen LogP contribution in [0.3, 0.4) is 0 Å². The van der Waals surface area contributed by atoms with Gasteiger partial charge < -0.3 is 6.92 Å². The normalized spacial score (nSPS) is 30.9. The fourth-order valence-corrected chi connectivity index (χ4v) is 1.08. The Hall–Kier alpha value is 1.01. The molecule has 62 valence electrons. The quantitative estimate of drug-likeness (QED) is 0.354. The SMILES string of the molecule is [CH2-][C@H]1CCC=C[C@@H]1Cl.[Cl][Pt+]. The van der Waals surface area contributed by atoms with Gasteiger partial charge in [0.05, 0.1) is 0 Å². The standard InChI is InChI=1S/C7H10Cl.ClH.Pt/c1-6-4-2-3-5-7(6)8;;/h3,5-7H,1-2,4H2;1H;/q-1;;+2/p-1/t6-,7-;;/m0../s1. The minimum absolute atomic E-state index is 0.184. The second-order valence-electron chi connectivity index (χ2n) is 2.21. The number of rotatable bonds is 0. The van der Waals surface area contributed by atoms with E-state index in [1.165, 1.54) is 0 Å². The second-order valence-corrected chi connectivity index (χ2v) is 2.71. The molecule has 0 fully saturated rings. The molecule has 0 heterocycles. The van der Waals surface area contributed by atoms with E-state index >= 15 is 0 Å². The van der Waals surface area contributed by atoms with E-state index in [4.69, 9.17) is 11.6 Å². The van der Waals surface area contributed by atoms with Crippen molar-refractivity contribution in [3.05, 3.63) is 19.1 Å². The molecule has 0 bridgehead atoms. The van der Waals surface area contributed by atoms with Gasteiger partial charge in [-0.15, -0.1) is 17.5 Å². The summed E-state index contributed by atoms with van der Waals surface area (Å²) in [6.45, 7) is 3.90. The van der Waals surface area contributed by atoms with Crippen molar-refractivity contribution in [3.8, 4) is 0 Å². The van der Waals surface area contributed by atoms with Crippen molar-refractivity contribution in [2.24, 2.45) is 5.92 Å². The van der Waals surface area contributed by atoms with E-state index in [-0.39, 0.29) is 5.38 Å². The molecule has 0 amide bonds. The zero-order valence-electron chi connectivity index (χ0n) is 5.50. The van der Waals surface area contributed by atoms with E-state index in [9.17, 15) is 0 Å². The van der Waals surface area contributed by atoms with Gasteiger partial charge in [0.2, 0.25) is 0 Å². The predicted molar refractivity (Wildman–Crippen MR) is 42.7 cm³/mol. The van der Waals surface area contributed by atoms with Crippen molar-refractivity contribution in [3.63, 3.8) is 0 Å². The molecule has 0 nitrogen and oxygen atoms in total. The van der Waals surface area contributed by atoms with Crippen LogP contribution in [0, 0.1) is 12.8 Å². The third kappa shape index (κ3) is 4.01. The van der Waals surface area contributed by atoms with Gasteiger partial charge in [0.1, 0.15) is 0 Å². The third-order valence-corrected chi connectivity index (χ3v) is 1.98. The molecule has 0 aromatic heterocycles. The van der Waals surface area contributed by atoms with Crippen LogP contribution >= 0.6 is 21.0 Å². The van der Waals surface area contributed by atoms with Gasteiger partial charge in [-0.1, -0.05) is 18.6 Å². The first kappa shape index (κ1) is 11.0. The van der Waals surface area contributed by atoms with Crippen LogP contribution in [-0.4, -0.2) is 5.38 Å². The fraction of sp³-hybridized carbons (Fsp3) is 0.571. The fourth-order valence-electron chi connectivity index (χ4n) is 0.853. The van der Waals surface area contributed by atoms with Gasteiger partial charge in [0.25, 0.3) is 0 Å². The van der Waals surface area contributed by atoms with Gasteiger partial charge in [-0.25, -0.2) is 0 Å². The third-order valence-electron chi connectivity index (χ3n) is 1.47. The van der Waals surface area contributed by atoms with Crippen molar-refractivity contribution < 1.29 is 18.8 Å². The van der Waals surface area contributed by atoms with E-state index in [0.717, 1.165) is 12.8 Å². The first-order chi connectivity index (χ1) is 4.80. The molecule has 0 aliphatic heterocycles. The summed E-state index contributed by atoms with van der Waals surface area (Å²) in [6.07, 6.45) is 6.45. The van der Waals surface area contributed by atoms with Crippen molar-refractivity contribution >= 4 is 21.0 Å². The molecule has 2 atom stereocenters. The van der Waals surface area contributed by atoms with Crippen LogP contribution in [0.5, 0.6) is 0 Å². The summed E-state index contributed by atoms with van der Waals surface area (Å²) in [5, 5.41) is 0.184.